The van der Waals surface area contributed by atoms with Gasteiger partial charge in [-0.15, -0.1) is 16.4 Å². The minimum Gasteiger partial charge on any atom is -0.475 e. The van der Waals surface area contributed by atoms with Crippen molar-refractivity contribution in [3.8, 4) is 0 Å². The van der Waals surface area contributed by atoms with E-state index < -0.39 is 5.97 Å². The molecule has 0 spiro atoms. The molecule has 0 aliphatic carbocycles. The van der Waals surface area contributed by atoms with Crippen LogP contribution < -0.4 is 5.32 Å². The van der Waals surface area contributed by atoms with Crippen LogP contribution in [0.5, 0.6) is 0 Å². The van der Waals surface area contributed by atoms with E-state index in [2.05, 4.69) is 20.6 Å². The molecule has 0 aliphatic rings. The van der Waals surface area contributed by atoms with Crippen LogP contribution in [-0.4, -0.2) is 43.5 Å². The van der Waals surface area contributed by atoms with Gasteiger partial charge in [-0.25, -0.2) is 14.5 Å². The fourth-order valence-corrected chi connectivity index (χ4v) is 3.56. The number of aryl methyl sites for hydroxylation is 3. The number of nitrogens with zero attached hydrogens (tertiary/aromatic N) is 4. The van der Waals surface area contributed by atoms with E-state index in [1.807, 2.05) is 20.0 Å². The van der Waals surface area contributed by atoms with Crippen molar-refractivity contribution in [2.45, 2.75) is 39.7 Å². The molecule has 0 saturated carbocycles. The quantitative estimate of drug-likeness (QED) is 0.526. The second-order valence-corrected chi connectivity index (χ2v) is 7.54. The number of nitrogens with one attached hydrogen (secondary N) is 1. The largest absolute Gasteiger partial charge is 0.475 e. The zero-order valence-corrected chi connectivity index (χ0v) is 16.5. The van der Waals surface area contributed by atoms with E-state index >= 15 is 0 Å². The number of furan rings is 1. The molecule has 0 radical (unpaired) electrons. The van der Waals surface area contributed by atoms with E-state index in [0.29, 0.717) is 23.7 Å². The van der Waals surface area contributed by atoms with Gasteiger partial charge < -0.3 is 14.8 Å². The average molecular weight is 403 g/mol. The zero-order chi connectivity index (χ0) is 20.1. The maximum absolute atomic E-state index is 12.1. The predicted molar refractivity (Wildman–Crippen MR) is 102 cm³/mol. The Kier molecular flexibility index (Phi) is 6.19. The van der Waals surface area contributed by atoms with Crippen LogP contribution in [0.15, 0.2) is 22.7 Å². The minimum absolute atomic E-state index is 0.0757. The standard InChI is InChI=1S/C18H21N5O4S/c1-11-16(28-12(2)20-11)17(24)19-8-4-3-5-13-9-23(22-21-13)10-14-6-7-15(27-14)18(25)26/h6-7,9H,3-5,8,10H2,1-2H3,(H,19,24)(H,25,26). The van der Waals surface area contributed by atoms with Crippen molar-refractivity contribution >= 4 is 23.2 Å². The lowest BCUT2D eigenvalue weighted by atomic mass is 10.2. The molecule has 0 fully saturated rings. The van der Waals surface area contributed by atoms with Crippen molar-refractivity contribution in [1.29, 1.82) is 0 Å². The average Bonchev–Trinajstić information content (AvgIpc) is 3.35. The Hall–Kier alpha value is -3.01. The lowest BCUT2D eigenvalue weighted by Gasteiger charge is -2.03. The number of unbranched alkanes of at least 4 members (excludes halogenated alkanes) is 1. The molecular formula is C18H21N5O4S. The molecule has 1 amide bonds. The molecule has 10 heteroatoms. The minimum atomic E-state index is -1.10. The molecule has 2 N–H and O–H groups in total. The van der Waals surface area contributed by atoms with Gasteiger partial charge in [-0.2, -0.15) is 0 Å². The van der Waals surface area contributed by atoms with Crippen molar-refractivity contribution in [3.05, 3.63) is 51.1 Å². The van der Waals surface area contributed by atoms with Crippen LogP contribution in [0.3, 0.4) is 0 Å². The summed E-state index contributed by atoms with van der Waals surface area (Å²) in [5.41, 5.74) is 1.61. The SMILES string of the molecule is Cc1nc(C)c(C(=O)NCCCCc2cn(Cc3ccc(C(=O)O)o3)nn2)s1. The van der Waals surface area contributed by atoms with Crippen molar-refractivity contribution in [2.75, 3.05) is 6.54 Å². The summed E-state index contributed by atoms with van der Waals surface area (Å²) < 4.78 is 6.82. The van der Waals surface area contributed by atoms with Crippen LogP contribution in [0, 0.1) is 13.8 Å². The number of carbonyl (C=O) groups excluding carboxylic acids is 1. The Morgan fingerprint density at radius 2 is 2.11 bits per heavy atom. The molecule has 0 aliphatic heterocycles. The number of hydrogen-bond acceptors (Lipinski definition) is 7. The summed E-state index contributed by atoms with van der Waals surface area (Å²) in [6, 6.07) is 3.03. The van der Waals surface area contributed by atoms with Gasteiger partial charge >= 0.3 is 5.97 Å². The number of thiazole rings is 1. The van der Waals surface area contributed by atoms with Gasteiger partial charge in [-0.1, -0.05) is 5.21 Å². The van der Waals surface area contributed by atoms with E-state index in [0.717, 1.165) is 35.7 Å². The van der Waals surface area contributed by atoms with Gasteiger partial charge in [0.05, 0.1) is 16.4 Å². The topological polar surface area (TPSA) is 123 Å². The highest BCUT2D eigenvalue weighted by Gasteiger charge is 2.13. The number of rotatable bonds is 9. The van der Waals surface area contributed by atoms with Crippen molar-refractivity contribution in [2.24, 2.45) is 0 Å². The number of carboxylic acids is 1. The van der Waals surface area contributed by atoms with Gasteiger partial charge in [-0.3, -0.25) is 4.79 Å². The third kappa shape index (κ3) is 5.03. The van der Waals surface area contributed by atoms with Crippen molar-refractivity contribution in [3.63, 3.8) is 0 Å². The normalized spacial score (nSPS) is 10.9. The molecule has 3 aromatic rings. The monoisotopic (exact) mass is 403 g/mol. The maximum Gasteiger partial charge on any atom is 0.371 e. The molecule has 0 aromatic carbocycles. The van der Waals surface area contributed by atoms with Crippen LogP contribution in [-0.2, 0) is 13.0 Å². The Morgan fingerprint density at radius 1 is 1.29 bits per heavy atom. The summed E-state index contributed by atoms with van der Waals surface area (Å²) in [6.07, 6.45) is 4.25. The molecule has 0 atom stereocenters. The highest BCUT2D eigenvalue weighted by Crippen LogP contribution is 2.16. The Morgan fingerprint density at radius 3 is 2.79 bits per heavy atom. The summed E-state index contributed by atoms with van der Waals surface area (Å²) in [5.74, 6) is -0.766. The van der Waals surface area contributed by atoms with E-state index in [9.17, 15) is 9.59 Å². The Balaban J connectivity index is 1.39. The molecule has 3 aromatic heterocycles. The second-order valence-electron chi connectivity index (χ2n) is 6.34. The fourth-order valence-electron chi connectivity index (χ4n) is 2.72. The lowest BCUT2D eigenvalue weighted by Crippen LogP contribution is -2.24. The molecule has 0 bridgehead atoms. The first-order chi connectivity index (χ1) is 13.4. The van der Waals surface area contributed by atoms with Gasteiger partial charge in [0.1, 0.15) is 17.2 Å². The van der Waals surface area contributed by atoms with E-state index in [4.69, 9.17) is 9.52 Å². The summed E-state index contributed by atoms with van der Waals surface area (Å²) >= 11 is 1.41. The van der Waals surface area contributed by atoms with Gasteiger partial charge in [-0.05, 0) is 45.2 Å². The van der Waals surface area contributed by atoms with Gasteiger partial charge in [0, 0.05) is 12.7 Å². The van der Waals surface area contributed by atoms with Crippen molar-refractivity contribution in [1.82, 2.24) is 25.3 Å². The zero-order valence-electron chi connectivity index (χ0n) is 15.6. The number of carbonyl (C=O) groups is 2. The van der Waals surface area contributed by atoms with Crippen LogP contribution in [0.2, 0.25) is 0 Å². The first kappa shape index (κ1) is 19.7. The third-order valence-electron chi connectivity index (χ3n) is 4.03. The summed E-state index contributed by atoms with van der Waals surface area (Å²) in [7, 11) is 0. The first-order valence-electron chi connectivity index (χ1n) is 8.85. The molecule has 0 saturated heterocycles. The Bertz CT molecular complexity index is 974. The van der Waals surface area contributed by atoms with Crippen LogP contribution >= 0.6 is 11.3 Å². The number of carboxylic acid groups (broad SMARTS) is 1. The predicted octanol–water partition coefficient (Wildman–Crippen LogP) is 2.44. The number of aromatic carboxylic acids is 1. The third-order valence-corrected chi connectivity index (χ3v) is 5.10. The van der Waals surface area contributed by atoms with E-state index in [1.165, 1.54) is 17.4 Å². The van der Waals surface area contributed by atoms with Gasteiger partial charge in [0.25, 0.3) is 5.91 Å². The molecule has 3 rings (SSSR count). The van der Waals surface area contributed by atoms with Crippen molar-refractivity contribution < 1.29 is 19.1 Å². The van der Waals surface area contributed by atoms with Crippen LogP contribution in [0.25, 0.3) is 0 Å². The molecule has 3 heterocycles. The summed E-state index contributed by atoms with van der Waals surface area (Å²) in [4.78, 5) is 27.9. The van der Waals surface area contributed by atoms with E-state index in [-0.39, 0.29) is 11.7 Å². The summed E-state index contributed by atoms with van der Waals surface area (Å²) in [6.45, 7) is 4.64. The number of hydrogen-bond donors (Lipinski definition) is 2. The highest BCUT2D eigenvalue weighted by atomic mass is 32.1. The smallest absolute Gasteiger partial charge is 0.371 e. The second kappa shape index (κ2) is 8.79. The first-order valence-corrected chi connectivity index (χ1v) is 9.67. The molecular weight excluding hydrogens is 382 g/mol. The van der Waals surface area contributed by atoms with Gasteiger partial charge in [0.15, 0.2) is 0 Å². The molecule has 28 heavy (non-hydrogen) atoms. The number of aromatic nitrogens is 4. The molecule has 0 unspecified atom stereocenters. The number of amides is 1. The lowest BCUT2D eigenvalue weighted by molar-refractivity contribution is 0.0660. The maximum atomic E-state index is 12.1. The highest BCUT2D eigenvalue weighted by molar-refractivity contribution is 7.13. The van der Waals surface area contributed by atoms with Gasteiger partial charge in [0.2, 0.25) is 5.76 Å². The van der Waals surface area contributed by atoms with E-state index in [1.54, 1.807) is 10.7 Å². The Labute approximate surface area is 165 Å². The summed E-state index contributed by atoms with van der Waals surface area (Å²) in [5, 5.41) is 20.8. The van der Waals surface area contributed by atoms with Crippen LogP contribution in [0.1, 0.15) is 55.2 Å². The molecule has 148 valence electrons. The fraction of sp³-hybridized carbons (Fsp3) is 0.389. The van der Waals surface area contributed by atoms with Crippen LogP contribution in [0.4, 0.5) is 0 Å². The molecule has 9 nitrogen and oxygen atoms in total.